The van der Waals surface area contributed by atoms with Crippen molar-refractivity contribution in [3.05, 3.63) is 65.0 Å². The summed E-state index contributed by atoms with van der Waals surface area (Å²) in [5, 5.41) is 4.59. The Kier molecular flexibility index (Phi) is 7.07. The quantitative estimate of drug-likeness (QED) is 0.377. The number of benzene rings is 1. The van der Waals surface area contributed by atoms with Crippen LogP contribution in [0.15, 0.2) is 59.5 Å². The molecule has 0 aliphatic heterocycles. The normalized spacial score (nSPS) is 14.0. The van der Waals surface area contributed by atoms with Gasteiger partial charge in [0.1, 0.15) is 6.54 Å². The fourth-order valence-corrected chi connectivity index (χ4v) is 4.85. The molecule has 0 atom stereocenters. The second-order valence-electron chi connectivity index (χ2n) is 7.47. The van der Waals surface area contributed by atoms with Gasteiger partial charge in [0.2, 0.25) is 5.91 Å². The Morgan fingerprint density at radius 1 is 1.27 bits per heavy atom. The minimum Gasteiger partial charge on any atom is -0.354 e. The third-order valence-electron chi connectivity index (χ3n) is 5.23. The van der Waals surface area contributed by atoms with Gasteiger partial charge in [-0.15, -0.1) is 0 Å². The van der Waals surface area contributed by atoms with Gasteiger partial charge in [-0.3, -0.25) is 9.78 Å². The number of carbonyl (C=O) groups excluding carboxylic acids is 1. The van der Waals surface area contributed by atoms with E-state index in [-0.39, 0.29) is 12.5 Å². The molecule has 1 aromatic carbocycles. The zero-order chi connectivity index (χ0) is 20.8. The number of thioether (sulfide) groups is 1. The molecule has 0 fully saturated rings. The molecule has 7 heteroatoms. The monoisotopic (exact) mass is 440 g/mol. The van der Waals surface area contributed by atoms with Crippen LogP contribution in [-0.4, -0.2) is 27.0 Å². The second-order valence-corrected chi connectivity index (χ2v) is 8.85. The topological polar surface area (TPSA) is 59.8 Å². The summed E-state index contributed by atoms with van der Waals surface area (Å²) in [5.74, 6) is 0.728. The third-order valence-corrected chi connectivity index (χ3v) is 6.51. The van der Waals surface area contributed by atoms with E-state index in [1.165, 1.54) is 24.8 Å². The molecule has 0 unspecified atom stereocenters. The fourth-order valence-electron chi connectivity index (χ4n) is 3.68. The van der Waals surface area contributed by atoms with Gasteiger partial charge in [0.15, 0.2) is 5.16 Å². The highest BCUT2D eigenvalue weighted by atomic mass is 35.5. The Labute approximate surface area is 185 Å². The molecule has 0 bridgehead atoms. The number of fused-ring (bicyclic) bond motifs is 1. The van der Waals surface area contributed by atoms with Gasteiger partial charge < -0.3 is 9.88 Å². The summed E-state index contributed by atoms with van der Waals surface area (Å²) in [6.45, 7) is 0.916. The van der Waals surface area contributed by atoms with E-state index in [0.29, 0.717) is 6.54 Å². The van der Waals surface area contributed by atoms with Crippen molar-refractivity contribution in [1.29, 1.82) is 0 Å². The zero-order valence-corrected chi connectivity index (χ0v) is 18.4. The summed E-state index contributed by atoms with van der Waals surface area (Å²) >= 11 is 7.70. The second kappa shape index (κ2) is 10.1. The number of rotatable bonds is 8. The first-order chi connectivity index (χ1) is 14.7. The zero-order valence-electron chi connectivity index (χ0n) is 16.8. The highest BCUT2D eigenvalue weighted by molar-refractivity contribution is 7.98. The van der Waals surface area contributed by atoms with Crippen molar-refractivity contribution in [1.82, 2.24) is 19.9 Å². The van der Waals surface area contributed by atoms with E-state index in [2.05, 4.69) is 16.4 Å². The fraction of sp³-hybridized carbons (Fsp3) is 0.348. The van der Waals surface area contributed by atoms with Crippen LogP contribution >= 0.6 is 23.4 Å². The van der Waals surface area contributed by atoms with E-state index in [4.69, 9.17) is 16.6 Å². The molecule has 2 heterocycles. The number of hydrogen-bond donors (Lipinski definition) is 1. The minimum atomic E-state index is -0.000770. The first-order valence-electron chi connectivity index (χ1n) is 10.3. The van der Waals surface area contributed by atoms with Crippen molar-refractivity contribution >= 4 is 40.3 Å². The van der Waals surface area contributed by atoms with Gasteiger partial charge in [-0.2, -0.15) is 0 Å². The Bertz CT molecular complexity index is 1060. The number of aromatic nitrogens is 3. The van der Waals surface area contributed by atoms with Crippen molar-refractivity contribution in [3.8, 4) is 0 Å². The molecule has 1 N–H and O–H groups in total. The molecule has 0 saturated carbocycles. The van der Waals surface area contributed by atoms with Crippen LogP contribution in [-0.2, 0) is 17.1 Å². The summed E-state index contributed by atoms with van der Waals surface area (Å²) in [4.78, 5) is 21.6. The predicted octanol–water partition coefficient (Wildman–Crippen LogP) is 5.38. The maximum Gasteiger partial charge on any atom is 0.240 e. The van der Waals surface area contributed by atoms with Crippen LogP contribution in [0.5, 0.6) is 0 Å². The summed E-state index contributed by atoms with van der Waals surface area (Å²) < 4.78 is 1.95. The van der Waals surface area contributed by atoms with E-state index >= 15 is 0 Å². The predicted molar refractivity (Wildman–Crippen MR) is 123 cm³/mol. The average Bonchev–Trinajstić information content (AvgIpc) is 3.10. The average molecular weight is 441 g/mol. The summed E-state index contributed by atoms with van der Waals surface area (Å²) in [5.41, 5.74) is 4.31. The molecule has 0 spiro atoms. The number of hydrogen-bond acceptors (Lipinski definition) is 4. The number of imidazole rings is 1. The molecule has 3 aromatic rings. The van der Waals surface area contributed by atoms with Crippen LogP contribution in [0.4, 0.5) is 0 Å². The molecule has 5 nitrogen and oxygen atoms in total. The van der Waals surface area contributed by atoms with E-state index in [1.807, 2.05) is 34.9 Å². The Balaban J connectivity index is 1.43. The van der Waals surface area contributed by atoms with Crippen molar-refractivity contribution in [3.63, 3.8) is 0 Å². The lowest BCUT2D eigenvalue weighted by atomic mass is 9.97. The van der Waals surface area contributed by atoms with Gasteiger partial charge >= 0.3 is 0 Å². The van der Waals surface area contributed by atoms with Crippen molar-refractivity contribution in [2.45, 2.75) is 49.6 Å². The van der Waals surface area contributed by atoms with E-state index < -0.39 is 0 Å². The summed E-state index contributed by atoms with van der Waals surface area (Å²) in [7, 11) is 0. The number of allylic oxidation sites excluding steroid dienone is 1. The van der Waals surface area contributed by atoms with E-state index in [1.54, 1.807) is 24.2 Å². The SMILES string of the molecule is O=C(Cn1c(SCc2cccc(Cl)c2)nc2ccncc21)NCCC1=CCCCC1. The first kappa shape index (κ1) is 20.9. The number of nitrogens with zero attached hydrogens (tertiary/aromatic N) is 3. The van der Waals surface area contributed by atoms with Crippen molar-refractivity contribution in [2.24, 2.45) is 0 Å². The number of halogens is 1. The standard InChI is InChI=1S/C23H25ClN4OS/c24-19-8-4-7-18(13-19)16-30-23-27-20-10-11-25-14-21(20)28(23)15-22(29)26-12-9-17-5-2-1-3-6-17/h4-5,7-8,10-11,13-14H,1-3,6,9,12,15-16H2,(H,26,29). The van der Waals surface area contributed by atoms with Gasteiger partial charge in [0.25, 0.3) is 0 Å². The largest absolute Gasteiger partial charge is 0.354 e. The molecule has 156 valence electrons. The number of nitrogens with one attached hydrogen (secondary N) is 1. The van der Waals surface area contributed by atoms with Crippen LogP contribution in [0.25, 0.3) is 11.0 Å². The van der Waals surface area contributed by atoms with Crippen molar-refractivity contribution < 1.29 is 4.79 Å². The Morgan fingerprint density at radius 3 is 3.03 bits per heavy atom. The van der Waals surface area contributed by atoms with Gasteiger partial charge in [-0.1, -0.05) is 47.1 Å². The highest BCUT2D eigenvalue weighted by Gasteiger charge is 2.15. The lowest BCUT2D eigenvalue weighted by Gasteiger charge is -2.13. The van der Waals surface area contributed by atoms with Crippen LogP contribution < -0.4 is 5.32 Å². The highest BCUT2D eigenvalue weighted by Crippen LogP contribution is 2.27. The molecule has 30 heavy (non-hydrogen) atoms. The molecule has 1 aliphatic carbocycles. The number of amides is 1. The lowest BCUT2D eigenvalue weighted by Crippen LogP contribution is -2.29. The van der Waals surface area contributed by atoms with Gasteiger partial charge in [-0.05, 0) is 55.9 Å². The van der Waals surface area contributed by atoms with E-state index in [0.717, 1.165) is 45.4 Å². The molecule has 2 aromatic heterocycles. The molecule has 0 saturated heterocycles. The maximum absolute atomic E-state index is 12.6. The molecule has 1 amide bonds. The van der Waals surface area contributed by atoms with Crippen molar-refractivity contribution in [2.75, 3.05) is 6.54 Å². The van der Waals surface area contributed by atoms with Crippen LogP contribution in [0.3, 0.4) is 0 Å². The summed E-state index contributed by atoms with van der Waals surface area (Å²) in [6, 6.07) is 9.68. The maximum atomic E-state index is 12.6. The summed E-state index contributed by atoms with van der Waals surface area (Å²) in [6.07, 6.45) is 11.6. The Morgan fingerprint density at radius 2 is 2.20 bits per heavy atom. The van der Waals surface area contributed by atoms with Crippen LogP contribution in [0.1, 0.15) is 37.7 Å². The lowest BCUT2D eigenvalue weighted by molar-refractivity contribution is -0.121. The molecule has 0 radical (unpaired) electrons. The van der Waals surface area contributed by atoms with Crippen LogP contribution in [0.2, 0.25) is 5.02 Å². The first-order valence-corrected chi connectivity index (χ1v) is 11.7. The minimum absolute atomic E-state index is 0.000770. The van der Waals surface area contributed by atoms with Gasteiger partial charge in [0, 0.05) is 23.5 Å². The van der Waals surface area contributed by atoms with Gasteiger partial charge in [-0.25, -0.2) is 4.98 Å². The van der Waals surface area contributed by atoms with Crippen LogP contribution in [0, 0.1) is 0 Å². The smallest absolute Gasteiger partial charge is 0.240 e. The molecular formula is C23H25ClN4OS. The molecule has 4 rings (SSSR count). The third kappa shape index (κ3) is 5.43. The Hall–Kier alpha value is -2.31. The van der Waals surface area contributed by atoms with Gasteiger partial charge in [0.05, 0.1) is 17.2 Å². The van der Waals surface area contributed by atoms with E-state index in [9.17, 15) is 4.79 Å². The number of carbonyl (C=O) groups is 1. The number of pyridine rings is 1. The molecular weight excluding hydrogens is 416 g/mol. The molecule has 1 aliphatic rings.